The molecule has 0 aliphatic heterocycles. The van der Waals surface area contributed by atoms with Gasteiger partial charge in [0.25, 0.3) is 0 Å². The molecule has 34 valence electrons. The Bertz CT molecular complexity index is 6.00. The number of halogens is 2. The van der Waals surface area contributed by atoms with Gasteiger partial charge >= 0.3 is 36.0 Å². The van der Waals surface area contributed by atoms with E-state index in [1.807, 2.05) is 0 Å². The molecule has 0 rings (SSSR count). The Morgan fingerprint density at radius 3 is 1.25 bits per heavy atom. The summed E-state index contributed by atoms with van der Waals surface area (Å²) < 4.78 is 0. The molecule has 1 radical (unpaired) electrons. The summed E-state index contributed by atoms with van der Waals surface area (Å²) in [6.07, 6.45) is 0. The third-order valence-electron chi connectivity index (χ3n) is 0. The van der Waals surface area contributed by atoms with Gasteiger partial charge in [0, 0.05) is 16.8 Å². The SMILES string of the molecule is [Cl][Au][Cl].[Co]. The van der Waals surface area contributed by atoms with Crippen molar-refractivity contribution in [2.45, 2.75) is 0 Å². The van der Waals surface area contributed by atoms with Gasteiger partial charge in [-0.2, -0.15) is 0 Å². The normalized spacial score (nSPS) is 5.50. The van der Waals surface area contributed by atoms with E-state index in [9.17, 15) is 0 Å². The van der Waals surface area contributed by atoms with Gasteiger partial charge in [-0.1, -0.05) is 0 Å². The van der Waals surface area contributed by atoms with Crippen molar-refractivity contribution in [2.75, 3.05) is 0 Å². The van der Waals surface area contributed by atoms with E-state index in [1.165, 1.54) is 0 Å². The summed E-state index contributed by atoms with van der Waals surface area (Å²) in [4.78, 5) is 0. The summed E-state index contributed by atoms with van der Waals surface area (Å²) in [6, 6.07) is 0. The van der Waals surface area contributed by atoms with Gasteiger partial charge in [0.1, 0.15) is 0 Å². The minimum absolute atomic E-state index is 0. The van der Waals surface area contributed by atoms with E-state index in [4.69, 9.17) is 18.4 Å². The summed E-state index contributed by atoms with van der Waals surface area (Å²) in [5.74, 6) is 0. The molecule has 0 unspecified atom stereocenters. The number of hydrogen-bond donors (Lipinski definition) is 0. The van der Waals surface area contributed by atoms with Gasteiger partial charge in [-0.3, -0.25) is 0 Å². The van der Waals surface area contributed by atoms with Crippen LogP contribution in [0.25, 0.3) is 0 Å². The van der Waals surface area contributed by atoms with Crippen molar-refractivity contribution in [3.05, 3.63) is 0 Å². The van der Waals surface area contributed by atoms with E-state index in [1.54, 1.807) is 0 Å². The molecule has 4 heteroatoms. The van der Waals surface area contributed by atoms with E-state index < -0.39 is 0 Å². The topological polar surface area (TPSA) is 0 Å². The maximum absolute atomic E-state index is 4.86. The van der Waals surface area contributed by atoms with Gasteiger partial charge in [-0.15, -0.1) is 0 Å². The smallest absolute Gasteiger partial charge is 0 e. The van der Waals surface area contributed by atoms with Crippen LogP contribution in [0.2, 0.25) is 0 Å². The quantitative estimate of drug-likeness (QED) is 0.590. The van der Waals surface area contributed by atoms with E-state index in [-0.39, 0.29) is 34.4 Å². The molecular weight excluding hydrogens is 327 g/mol. The Morgan fingerprint density at radius 1 is 1.25 bits per heavy atom. The molecule has 0 amide bonds. The van der Waals surface area contributed by atoms with Gasteiger partial charge < -0.3 is 0 Å². The molecular formula is AuCl2Co. The maximum atomic E-state index is 4.86. The van der Waals surface area contributed by atoms with Crippen molar-refractivity contribution in [3.63, 3.8) is 0 Å². The second-order valence-corrected chi connectivity index (χ2v) is 3.17. The molecule has 4 heavy (non-hydrogen) atoms. The average Bonchev–Trinajstić information content (AvgIpc) is 0.918. The summed E-state index contributed by atoms with van der Waals surface area (Å²) in [5, 5.41) is 0. The number of rotatable bonds is 0. The first kappa shape index (κ1) is 9.27. The van der Waals surface area contributed by atoms with Crippen LogP contribution in [0.3, 0.4) is 0 Å². The van der Waals surface area contributed by atoms with Crippen molar-refractivity contribution in [1.82, 2.24) is 0 Å². The Balaban J connectivity index is 0. The predicted molar refractivity (Wildman–Crippen MR) is 11.7 cm³/mol. The summed E-state index contributed by atoms with van der Waals surface area (Å²) in [7, 11) is 9.72. The van der Waals surface area contributed by atoms with Crippen LogP contribution < -0.4 is 0 Å². The Morgan fingerprint density at radius 2 is 1.25 bits per heavy atom. The Kier molecular flexibility index (Phi) is 20.5. The summed E-state index contributed by atoms with van der Waals surface area (Å²) >= 11 is -0.389. The van der Waals surface area contributed by atoms with E-state index in [2.05, 4.69) is 0 Å². The molecule has 0 aliphatic rings. The molecule has 0 aromatic carbocycles. The van der Waals surface area contributed by atoms with E-state index in [0.29, 0.717) is 0 Å². The molecule has 0 N–H and O–H groups in total. The molecule has 0 spiro atoms. The van der Waals surface area contributed by atoms with Crippen LogP contribution in [0.4, 0.5) is 0 Å². The first-order valence-corrected chi connectivity index (χ1v) is 5.60. The van der Waals surface area contributed by atoms with Crippen molar-refractivity contribution < 1.29 is 34.4 Å². The van der Waals surface area contributed by atoms with Crippen LogP contribution in [0, 0.1) is 0 Å². The fraction of sp³-hybridized carbons (Fsp3) is 0. The van der Waals surface area contributed by atoms with Crippen molar-refractivity contribution in [3.8, 4) is 0 Å². The Labute approximate surface area is 52.4 Å². The van der Waals surface area contributed by atoms with Crippen LogP contribution in [0.15, 0.2) is 0 Å². The standard InChI is InChI=1S/Au.2ClH.Co/h;2*1H;/q+2;;;/p-2. The van der Waals surface area contributed by atoms with Crippen LogP contribution in [0.5, 0.6) is 0 Å². The van der Waals surface area contributed by atoms with Gasteiger partial charge in [-0.05, 0) is 0 Å². The summed E-state index contributed by atoms with van der Waals surface area (Å²) in [6.45, 7) is 0. The van der Waals surface area contributed by atoms with Crippen LogP contribution >= 0.6 is 18.4 Å². The zero-order valence-corrected chi connectivity index (χ0v) is 6.11. The zero-order chi connectivity index (χ0) is 2.71. The molecule has 0 aromatic heterocycles. The van der Waals surface area contributed by atoms with Crippen LogP contribution in [-0.4, -0.2) is 0 Å². The third-order valence-corrected chi connectivity index (χ3v) is 0. The third kappa shape index (κ3) is 9.16. The van der Waals surface area contributed by atoms with Gasteiger partial charge in [-0.25, -0.2) is 0 Å². The molecule has 0 saturated carbocycles. The molecule has 0 atom stereocenters. The number of hydrogen-bond acceptors (Lipinski definition) is 0. The average molecular weight is 327 g/mol. The molecule has 0 bridgehead atoms. The van der Waals surface area contributed by atoms with Crippen molar-refractivity contribution >= 4 is 18.4 Å². The summed E-state index contributed by atoms with van der Waals surface area (Å²) in [5.41, 5.74) is 0. The zero-order valence-electron chi connectivity index (χ0n) is 1.39. The monoisotopic (exact) mass is 326 g/mol. The fourth-order valence-electron chi connectivity index (χ4n) is 0. The van der Waals surface area contributed by atoms with Crippen molar-refractivity contribution in [1.29, 1.82) is 0 Å². The second-order valence-electron chi connectivity index (χ2n) is 0.0431. The maximum Gasteiger partial charge on any atom is 0 e. The fourth-order valence-corrected chi connectivity index (χ4v) is 0. The minimum atomic E-state index is -0.389. The van der Waals surface area contributed by atoms with Crippen LogP contribution in [-0.2, 0) is 34.4 Å². The van der Waals surface area contributed by atoms with E-state index >= 15 is 0 Å². The molecule has 0 fully saturated rings. The van der Waals surface area contributed by atoms with Gasteiger partial charge in [0.05, 0.1) is 0 Å². The van der Waals surface area contributed by atoms with Crippen molar-refractivity contribution in [2.24, 2.45) is 0 Å². The van der Waals surface area contributed by atoms with Gasteiger partial charge in [0.2, 0.25) is 0 Å². The predicted octanol–water partition coefficient (Wildman–Crippen LogP) is 1.37. The van der Waals surface area contributed by atoms with Gasteiger partial charge in [0.15, 0.2) is 0 Å². The molecule has 0 saturated heterocycles. The first-order valence-electron chi connectivity index (χ1n) is 0.228. The second kappa shape index (κ2) is 8.85. The molecule has 0 heterocycles. The minimum Gasteiger partial charge on any atom is 0 e. The van der Waals surface area contributed by atoms with E-state index in [0.717, 1.165) is 0 Å². The molecule has 0 nitrogen and oxygen atoms in total. The molecule has 0 aromatic rings. The Hall–Kier alpha value is 1.83. The molecule has 0 aliphatic carbocycles. The van der Waals surface area contributed by atoms with Crippen LogP contribution in [0.1, 0.15) is 0 Å². The first-order chi connectivity index (χ1) is 1.41. The largest absolute Gasteiger partial charge is 0 e.